The highest BCUT2D eigenvalue weighted by atomic mass is 16.5. The molecule has 0 heterocycles. The molecular formula is C37H52O3. The van der Waals surface area contributed by atoms with Gasteiger partial charge in [0.25, 0.3) is 0 Å². The van der Waals surface area contributed by atoms with Crippen molar-refractivity contribution in [3.05, 3.63) is 71.3 Å². The quantitative estimate of drug-likeness (QED) is 0.155. The Morgan fingerprint density at radius 2 is 1.57 bits per heavy atom. The Morgan fingerprint density at radius 3 is 2.20 bits per heavy atom. The summed E-state index contributed by atoms with van der Waals surface area (Å²) >= 11 is 0. The Morgan fingerprint density at radius 1 is 0.900 bits per heavy atom. The van der Waals surface area contributed by atoms with E-state index in [1.807, 2.05) is 0 Å². The molecule has 2 aliphatic rings. The topological polar surface area (TPSA) is 46.5 Å². The van der Waals surface area contributed by atoms with Crippen LogP contribution in [-0.4, -0.2) is 24.3 Å². The van der Waals surface area contributed by atoms with Crippen LogP contribution in [0.15, 0.2) is 54.6 Å². The van der Waals surface area contributed by atoms with Crippen LogP contribution < -0.4 is 0 Å². The van der Waals surface area contributed by atoms with Gasteiger partial charge in [-0.05, 0) is 110 Å². The number of rotatable bonds is 13. The summed E-state index contributed by atoms with van der Waals surface area (Å²) < 4.78 is 5.16. The smallest absolute Gasteiger partial charge is 0.335 e. The van der Waals surface area contributed by atoms with Gasteiger partial charge in [0.1, 0.15) is 0 Å². The van der Waals surface area contributed by atoms with Crippen LogP contribution in [0, 0.1) is 24.7 Å². The Labute approximate surface area is 243 Å². The fourth-order valence-electron chi connectivity index (χ4n) is 7.30. The molecule has 0 atom stereocenters. The number of carbonyl (C=O) groups excluding carboxylic acids is 1. The Kier molecular flexibility index (Phi) is 11.9. The molecule has 1 N–H and O–H groups in total. The highest BCUT2D eigenvalue weighted by molar-refractivity contribution is 5.87. The molecule has 0 radical (unpaired) electrons. The molecule has 0 bridgehead atoms. The largest absolute Gasteiger partial charge is 0.462 e. The molecule has 0 spiro atoms. The van der Waals surface area contributed by atoms with Crippen molar-refractivity contribution in [2.45, 2.75) is 110 Å². The first-order valence-corrected chi connectivity index (χ1v) is 16.1. The zero-order valence-corrected chi connectivity index (χ0v) is 25.1. The number of aliphatic hydroxyl groups is 1. The molecule has 40 heavy (non-hydrogen) atoms. The van der Waals surface area contributed by atoms with E-state index in [1.54, 1.807) is 0 Å². The van der Waals surface area contributed by atoms with E-state index in [-0.39, 0.29) is 12.2 Å². The van der Waals surface area contributed by atoms with Gasteiger partial charge in [-0.15, -0.1) is 0 Å². The lowest BCUT2D eigenvalue weighted by atomic mass is 9.68. The van der Waals surface area contributed by atoms with Crippen molar-refractivity contribution in [2.24, 2.45) is 17.8 Å². The molecule has 3 nitrogen and oxygen atoms in total. The molecular weight excluding hydrogens is 492 g/mol. The molecule has 0 aromatic heterocycles. The van der Waals surface area contributed by atoms with Crippen LogP contribution in [0.25, 0.3) is 11.1 Å². The molecule has 2 aromatic carbocycles. The van der Waals surface area contributed by atoms with Crippen LogP contribution in [0.3, 0.4) is 0 Å². The third kappa shape index (κ3) is 8.56. The van der Waals surface area contributed by atoms with E-state index in [0.29, 0.717) is 6.61 Å². The number of aliphatic hydroxyl groups excluding tert-OH is 1. The number of ether oxygens (including phenoxy) is 1. The van der Waals surface area contributed by atoms with Crippen molar-refractivity contribution in [1.29, 1.82) is 0 Å². The molecule has 2 aromatic rings. The van der Waals surface area contributed by atoms with Crippen molar-refractivity contribution in [2.75, 3.05) is 13.2 Å². The number of carbonyl (C=O) groups is 1. The predicted octanol–water partition coefficient (Wildman–Crippen LogP) is 9.35. The van der Waals surface area contributed by atoms with Crippen LogP contribution in [0.5, 0.6) is 0 Å². The fraction of sp³-hybridized carbons (Fsp3) is 0.595. The molecule has 0 aliphatic heterocycles. The second-order valence-corrected chi connectivity index (χ2v) is 12.7. The molecule has 0 amide bonds. The van der Waals surface area contributed by atoms with E-state index in [1.165, 1.54) is 105 Å². The zero-order valence-electron chi connectivity index (χ0n) is 25.1. The lowest BCUT2D eigenvalue weighted by molar-refractivity contribution is -0.139. The summed E-state index contributed by atoms with van der Waals surface area (Å²) in [5, 5.41) is 8.96. The first kappa shape index (κ1) is 30.6. The summed E-state index contributed by atoms with van der Waals surface area (Å²) in [6.07, 6.45) is 18.8. The van der Waals surface area contributed by atoms with E-state index in [0.717, 1.165) is 36.5 Å². The van der Waals surface area contributed by atoms with E-state index in [9.17, 15) is 4.79 Å². The molecule has 3 heteroatoms. The summed E-state index contributed by atoms with van der Waals surface area (Å²) in [4.78, 5) is 11.6. The van der Waals surface area contributed by atoms with Gasteiger partial charge in [0, 0.05) is 0 Å². The van der Waals surface area contributed by atoms with Crippen molar-refractivity contribution < 1.29 is 14.6 Å². The van der Waals surface area contributed by atoms with Crippen molar-refractivity contribution in [3.63, 3.8) is 0 Å². The van der Waals surface area contributed by atoms with Crippen molar-refractivity contribution >= 4 is 5.97 Å². The molecule has 218 valence electrons. The Bertz CT molecular complexity index is 1070. The zero-order chi connectivity index (χ0) is 28.3. The van der Waals surface area contributed by atoms with Gasteiger partial charge >= 0.3 is 5.97 Å². The summed E-state index contributed by atoms with van der Waals surface area (Å²) in [5.41, 5.74) is 6.72. The third-order valence-electron chi connectivity index (χ3n) is 9.85. The second kappa shape index (κ2) is 15.6. The first-order chi connectivity index (χ1) is 19.5. The lowest BCUT2D eigenvalue weighted by Crippen LogP contribution is -2.25. The van der Waals surface area contributed by atoms with Crippen LogP contribution in [0.4, 0.5) is 0 Å². The van der Waals surface area contributed by atoms with Crippen molar-refractivity contribution in [1.82, 2.24) is 0 Å². The highest BCUT2D eigenvalue weighted by Gasteiger charge is 2.31. The van der Waals surface area contributed by atoms with Gasteiger partial charge in [0.2, 0.25) is 0 Å². The van der Waals surface area contributed by atoms with Gasteiger partial charge in [-0.25, -0.2) is 4.79 Å². The summed E-state index contributed by atoms with van der Waals surface area (Å²) in [7, 11) is 0. The number of esters is 1. The molecule has 0 saturated heterocycles. The monoisotopic (exact) mass is 544 g/mol. The van der Waals surface area contributed by atoms with E-state index < -0.39 is 5.97 Å². The minimum absolute atomic E-state index is 0.101. The number of unbranched alkanes of at least 4 members (excludes halogenated alkanes) is 2. The number of benzene rings is 2. The van der Waals surface area contributed by atoms with E-state index in [2.05, 4.69) is 62.9 Å². The SMILES string of the molecule is C=C(CO)C(=O)OCCCc1ccc(-c2ccc(C3CCC(C4CCC(CCCCC)CC4)CC3)cc2)c(C)c1. The van der Waals surface area contributed by atoms with E-state index >= 15 is 0 Å². The predicted molar refractivity (Wildman–Crippen MR) is 166 cm³/mol. The van der Waals surface area contributed by atoms with Gasteiger partial charge in [0.15, 0.2) is 0 Å². The normalized spacial score (nSPS) is 23.1. The van der Waals surface area contributed by atoms with Crippen LogP contribution in [0.2, 0.25) is 0 Å². The Balaban J connectivity index is 1.22. The molecule has 2 saturated carbocycles. The third-order valence-corrected chi connectivity index (χ3v) is 9.85. The number of hydrogen-bond donors (Lipinski definition) is 1. The Hall–Kier alpha value is -2.39. The molecule has 2 aliphatic carbocycles. The standard InChI is InChI=1S/C37H52O3/c1-4-5-6-8-29-10-13-31(14-11-29)32-15-17-33(18-16-32)34-19-21-35(22-20-34)36-23-12-30(25-27(36)2)9-7-24-40-37(39)28(3)26-38/h12,19-23,25,29,31-33,38H,3-11,13-18,24,26H2,1-2H3. The second-order valence-electron chi connectivity index (χ2n) is 12.7. The van der Waals surface area contributed by atoms with Gasteiger partial charge in [0.05, 0.1) is 18.8 Å². The molecule has 4 rings (SSSR count). The minimum Gasteiger partial charge on any atom is -0.462 e. The maximum absolute atomic E-state index is 11.6. The van der Waals surface area contributed by atoms with Crippen LogP contribution in [-0.2, 0) is 16.0 Å². The van der Waals surface area contributed by atoms with Gasteiger partial charge in [-0.1, -0.05) is 94.5 Å². The average molecular weight is 545 g/mol. The summed E-state index contributed by atoms with van der Waals surface area (Å²) in [5.74, 6) is 3.20. The fourth-order valence-corrected chi connectivity index (χ4v) is 7.30. The minimum atomic E-state index is -0.513. The number of hydrogen-bond acceptors (Lipinski definition) is 3. The lowest BCUT2D eigenvalue weighted by Gasteiger charge is -2.38. The average Bonchev–Trinajstić information content (AvgIpc) is 2.99. The maximum atomic E-state index is 11.6. The number of aryl methyl sites for hydroxylation is 2. The van der Waals surface area contributed by atoms with Crippen molar-refractivity contribution in [3.8, 4) is 11.1 Å². The molecule has 0 unspecified atom stereocenters. The van der Waals surface area contributed by atoms with Crippen LogP contribution >= 0.6 is 0 Å². The van der Waals surface area contributed by atoms with Gasteiger partial charge in [-0.3, -0.25) is 0 Å². The van der Waals surface area contributed by atoms with E-state index in [4.69, 9.17) is 9.84 Å². The highest BCUT2D eigenvalue weighted by Crippen LogP contribution is 2.44. The molecule has 2 fully saturated rings. The summed E-state index contributed by atoms with van der Waals surface area (Å²) in [6.45, 7) is 7.97. The van der Waals surface area contributed by atoms with Crippen LogP contribution in [0.1, 0.15) is 113 Å². The summed E-state index contributed by atoms with van der Waals surface area (Å²) in [6, 6.07) is 16.0. The van der Waals surface area contributed by atoms with Gasteiger partial charge < -0.3 is 9.84 Å². The maximum Gasteiger partial charge on any atom is 0.335 e. The first-order valence-electron chi connectivity index (χ1n) is 16.1. The van der Waals surface area contributed by atoms with Gasteiger partial charge in [-0.2, -0.15) is 0 Å².